The predicted molar refractivity (Wildman–Crippen MR) is 110 cm³/mol. The first-order chi connectivity index (χ1) is 12.0. The average molecular weight is 502 g/mol. The number of carbonyl (C=O) groups is 1. The summed E-state index contributed by atoms with van der Waals surface area (Å²) in [5, 5.41) is 5.64. The zero-order chi connectivity index (χ0) is 18.4. The molecule has 26 heavy (non-hydrogen) atoms. The van der Waals surface area contributed by atoms with Crippen molar-refractivity contribution in [3.63, 3.8) is 0 Å². The van der Waals surface area contributed by atoms with Gasteiger partial charge in [0, 0.05) is 31.1 Å². The average Bonchev–Trinajstić information content (AvgIpc) is 2.63. The predicted octanol–water partition coefficient (Wildman–Crippen LogP) is 3.06. The Morgan fingerprint density at radius 3 is 2.73 bits per heavy atom. The molecule has 0 saturated carbocycles. The number of amides is 1. The summed E-state index contributed by atoms with van der Waals surface area (Å²) < 4.78 is 39.7. The lowest BCUT2D eigenvalue weighted by molar-refractivity contribution is -0.115. The molecule has 1 saturated heterocycles. The minimum atomic E-state index is -1.61. The van der Waals surface area contributed by atoms with E-state index >= 15 is 0 Å². The Balaban J connectivity index is 0.00000338. The summed E-state index contributed by atoms with van der Waals surface area (Å²) in [4.78, 5) is 18.2. The molecule has 10 heteroatoms. The fourth-order valence-electron chi connectivity index (χ4n) is 2.47. The molecule has 1 aromatic rings. The summed E-state index contributed by atoms with van der Waals surface area (Å²) in [6.07, 6.45) is 1.05. The minimum Gasteiger partial charge on any atom is -0.347 e. The maximum atomic E-state index is 13.6. The Kier molecular flexibility index (Phi) is 9.55. The fraction of sp³-hybridized carbons (Fsp3) is 0.500. The van der Waals surface area contributed by atoms with Gasteiger partial charge in [-0.3, -0.25) is 9.79 Å². The number of nitrogens with one attached hydrogen (secondary N) is 2. The van der Waals surface area contributed by atoms with Crippen LogP contribution in [0.4, 0.5) is 18.9 Å². The van der Waals surface area contributed by atoms with Crippen LogP contribution < -0.4 is 10.6 Å². The van der Waals surface area contributed by atoms with E-state index in [-0.39, 0.29) is 30.5 Å². The standard InChI is InChI=1S/C16H21F3N4OS.HI/c1-3-10-9-23(6-7-25-10)16(20-2)21-8-13(24)22-12-5-4-11(17)14(18)15(12)19;/h4-5,10H,3,6-9H2,1-2H3,(H,20,21)(H,22,24);1H. The van der Waals surface area contributed by atoms with Crippen molar-refractivity contribution >= 4 is 53.3 Å². The maximum absolute atomic E-state index is 13.6. The summed E-state index contributed by atoms with van der Waals surface area (Å²) in [6.45, 7) is 3.62. The highest BCUT2D eigenvalue weighted by Crippen LogP contribution is 2.21. The molecule has 1 fully saturated rings. The second-order valence-electron chi connectivity index (χ2n) is 5.52. The third-order valence-electron chi connectivity index (χ3n) is 3.82. The van der Waals surface area contributed by atoms with Crippen LogP contribution >= 0.6 is 35.7 Å². The number of carbonyl (C=O) groups excluding carboxylic acids is 1. The highest BCUT2D eigenvalue weighted by atomic mass is 127. The Bertz CT molecular complexity index is 663. The molecule has 1 atom stereocenters. The summed E-state index contributed by atoms with van der Waals surface area (Å²) >= 11 is 1.91. The molecule has 1 heterocycles. The van der Waals surface area contributed by atoms with Crippen LogP contribution in [0, 0.1) is 17.5 Å². The smallest absolute Gasteiger partial charge is 0.243 e. The Labute approximate surface area is 172 Å². The normalized spacial score (nSPS) is 17.5. The van der Waals surface area contributed by atoms with Crippen LogP contribution in [0.5, 0.6) is 0 Å². The van der Waals surface area contributed by atoms with Gasteiger partial charge in [-0.1, -0.05) is 6.92 Å². The number of aliphatic imine (C=N–C) groups is 1. The molecule has 0 spiro atoms. The highest BCUT2D eigenvalue weighted by Gasteiger charge is 2.22. The molecule has 0 aliphatic carbocycles. The van der Waals surface area contributed by atoms with Gasteiger partial charge in [-0.15, -0.1) is 24.0 Å². The number of anilines is 1. The van der Waals surface area contributed by atoms with Gasteiger partial charge in [0.15, 0.2) is 23.4 Å². The van der Waals surface area contributed by atoms with E-state index in [4.69, 9.17) is 0 Å². The van der Waals surface area contributed by atoms with Gasteiger partial charge in [-0.2, -0.15) is 11.8 Å². The van der Waals surface area contributed by atoms with E-state index in [9.17, 15) is 18.0 Å². The van der Waals surface area contributed by atoms with Gasteiger partial charge in [-0.25, -0.2) is 13.2 Å². The molecule has 1 aliphatic rings. The number of rotatable bonds is 4. The van der Waals surface area contributed by atoms with Crippen LogP contribution in [0.3, 0.4) is 0 Å². The molecule has 2 N–H and O–H groups in total. The zero-order valence-electron chi connectivity index (χ0n) is 14.5. The number of nitrogens with zero attached hydrogens (tertiary/aromatic N) is 2. The number of hydrogen-bond donors (Lipinski definition) is 2. The van der Waals surface area contributed by atoms with E-state index in [0.29, 0.717) is 11.2 Å². The van der Waals surface area contributed by atoms with Gasteiger partial charge in [0.25, 0.3) is 0 Å². The van der Waals surface area contributed by atoms with Crippen molar-refractivity contribution in [1.29, 1.82) is 0 Å². The van der Waals surface area contributed by atoms with Crippen molar-refractivity contribution in [3.05, 3.63) is 29.6 Å². The van der Waals surface area contributed by atoms with Crippen LogP contribution in [0.1, 0.15) is 13.3 Å². The minimum absolute atomic E-state index is 0. The number of thioether (sulfide) groups is 1. The first-order valence-electron chi connectivity index (χ1n) is 7.96. The Hall–Kier alpha value is -1.17. The molecular weight excluding hydrogens is 480 g/mol. The van der Waals surface area contributed by atoms with Crippen molar-refractivity contribution in [3.8, 4) is 0 Å². The number of halogens is 4. The number of benzene rings is 1. The van der Waals surface area contributed by atoms with E-state index in [2.05, 4.69) is 27.4 Å². The first kappa shape index (κ1) is 22.9. The van der Waals surface area contributed by atoms with Crippen LogP contribution in [0.25, 0.3) is 0 Å². The molecule has 1 aliphatic heterocycles. The maximum Gasteiger partial charge on any atom is 0.243 e. The molecule has 2 rings (SSSR count). The second-order valence-corrected chi connectivity index (χ2v) is 6.93. The molecule has 0 aromatic heterocycles. The summed E-state index contributed by atoms with van der Waals surface area (Å²) in [6, 6.07) is 1.74. The third-order valence-corrected chi connectivity index (χ3v) is 5.19. The zero-order valence-corrected chi connectivity index (χ0v) is 17.7. The third kappa shape index (κ3) is 5.93. The van der Waals surface area contributed by atoms with Crippen molar-refractivity contribution in [2.75, 3.05) is 37.8 Å². The second kappa shape index (κ2) is 10.9. The van der Waals surface area contributed by atoms with E-state index in [0.717, 1.165) is 37.4 Å². The van der Waals surface area contributed by atoms with Crippen molar-refractivity contribution in [2.45, 2.75) is 18.6 Å². The fourth-order valence-corrected chi connectivity index (χ4v) is 3.65. The Morgan fingerprint density at radius 2 is 2.08 bits per heavy atom. The van der Waals surface area contributed by atoms with Gasteiger partial charge >= 0.3 is 0 Å². The molecular formula is C16H22F3IN4OS. The van der Waals surface area contributed by atoms with Gasteiger partial charge in [0.1, 0.15) is 0 Å². The van der Waals surface area contributed by atoms with Crippen LogP contribution in [-0.4, -0.2) is 54.5 Å². The SMILES string of the molecule is CCC1CN(C(=NC)NCC(=O)Nc2ccc(F)c(F)c2F)CCS1.I. The molecule has 0 radical (unpaired) electrons. The largest absolute Gasteiger partial charge is 0.347 e. The summed E-state index contributed by atoms with van der Waals surface area (Å²) in [5.74, 6) is -3.35. The number of guanidine groups is 1. The van der Waals surface area contributed by atoms with Gasteiger partial charge < -0.3 is 15.5 Å². The van der Waals surface area contributed by atoms with Crippen LogP contribution in [-0.2, 0) is 4.79 Å². The lowest BCUT2D eigenvalue weighted by Gasteiger charge is -2.34. The van der Waals surface area contributed by atoms with Crippen molar-refractivity contribution in [1.82, 2.24) is 10.2 Å². The lowest BCUT2D eigenvalue weighted by atomic mass is 10.2. The topological polar surface area (TPSA) is 56.7 Å². The highest BCUT2D eigenvalue weighted by molar-refractivity contribution is 14.0. The molecule has 1 unspecified atom stereocenters. The van der Waals surface area contributed by atoms with E-state index in [1.54, 1.807) is 7.05 Å². The summed E-state index contributed by atoms with van der Waals surface area (Å²) in [7, 11) is 1.62. The molecule has 146 valence electrons. The molecule has 0 bridgehead atoms. The van der Waals surface area contributed by atoms with E-state index < -0.39 is 29.0 Å². The van der Waals surface area contributed by atoms with Crippen molar-refractivity contribution < 1.29 is 18.0 Å². The quantitative estimate of drug-likeness (QED) is 0.288. The summed E-state index contributed by atoms with van der Waals surface area (Å²) in [5.41, 5.74) is -0.402. The van der Waals surface area contributed by atoms with Crippen molar-refractivity contribution in [2.24, 2.45) is 4.99 Å². The molecule has 1 amide bonds. The Morgan fingerprint density at radius 1 is 1.35 bits per heavy atom. The molecule has 1 aromatic carbocycles. The van der Waals surface area contributed by atoms with Crippen LogP contribution in [0.2, 0.25) is 0 Å². The van der Waals surface area contributed by atoms with E-state index in [1.165, 1.54) is 0 Å². The molecule has 5 nitrogen and oxygen atoms in total. The van der Waals surface area contributed by atoms with Gasteiger partial charge in [-0.05, 0) is 18.6 Å². The van der Waals surface area contributed by atoms with E-state index in [1.807, 2.05) is 11.8 Å². The number of hydrogen-bond acceptors (Lipinski definition) is 3. The monoisotopic (exact) mass is 502 g/mol. The van der Waals surface area contributed by atoms with Gasteiger partial charge in [0.05, 0.1) is 12.2 Å². The lowest BCUT2D eigenvalue weighted by Crippen LogP contribution is -2.49. The van der Waals surface area contributed by atoms with Crippen LogP contribution in [0.15, 0.2) is 17.1 Å². The first-order valence-corrected chi connectivity index (χ1v) is 9.01. The van der Waals surface area contributed by atoms with Gasteiger partial charge in [0.2, 0.25) is 5.91 Å².